The molecule has 0 aliphatic rings. The molecule has 0 radical (unpaired) electrons. The van der Waals surface area contributed by atoms with Gasteiger partial charge in [-0.25, -0.2) is 0 Å². The summed E-state index contributed by atoms with van der Waals surface area (Å²) in [7, 11) is -3.66. The van der Waals surface area contributed by atoms with Crippen LogP contribution in [0.5, 0.6) is 0 Å². The van der Waals surface area contributed by atoms with Crippen molar-refractivity contribution in [3.05, 3.63) is 71.8 Å². The summed E-state index contributed by atoms with van der Waals surface area (Å²) in [6.07, 6.45) is 4.39. The van der Waals surface area contributed by atoms with Crippen LogP contribution in [0.25, 0.3) is 6.08 Å². The molecule has 0 bridgehead atoms. The van der Waals surface area contributed by atoms with Crippen LogP contribution in [0.1, 0.15) is 17.5 Å². The Morgan fingerprint density at radius 3 is 2.33 bits per heavy atom. The Morgan fingerprint density at radius 1 is 1.00 bits per heavy atom. The lowest BCUT2D eigenvalue weighted by molar-refractivity contribution is 0.325. The van der Waals surface area contributed by atoms with Crippen LogP contribution < -0.4 is 0 Å². The van der Waals surface area contributed by atoms with E-state index in [1.165, 1.54) is 0 Å². The summed E-state index contributed by atoms with van der Waals surface area (Å²) < 4.78 is 28.9. The molecule has 4 heteroatoms. The number of benzene rings is 2. The van der Waals surface area contributed by atoms with Crippen LogP contribution in [0.2, 0.25) is 0 Å². The zero-order chi connectivity index (χ0) is 15.1. The first-order valence-corrected chi connectivity index (χ1v) is 8.16. The molecule has 0 unspecified atom stereocenters. The van der Waals surface area contributed by atoms with Crippen LogP contribution in [-0.2, 0) is 14.3 Å². The highest BCUT2D eigenvalue weighted by Gasteiger charge is 2.13. The minimum absolute atomic E-state index is 0.138. The molecule has 0 aliphatic carbocycles. The third-order valence-corrected chi connectivity index (χ3v) is 4.27. The van der Waals surface area contributed by atoms with Gasteiger partial charge >= 0.3 is 0 Å². The van der Waals surface area contributed by atoms with Crippen molar-refractivity contribution in [2.24, 2.45) is 0 Å². The van der Waals surface area contributed by atoms with Crippen LogP contribution in [0.4, 0.5) is 0 Å². The Labute approximate surface area is 126 Å². The van der Waals surface area contributed by atoms with E-state index in [0.29, 0.717) is 6.42 Å². The topological polar surface area (TPSA) is 43.4 Å². The SMILES string of the molecule is Cc1ccc(S(=O)(=O)OCC/C=C/c2ccccc2)cc1. The molecule has 0 fully saturated rings. The molecular formula is C17H18O3S. The standard InChI is InChI=1S/C17H18O3S/c1-15-10-12-17(13-11-15)21(18,19)20-14-6-5-9-16-7-3-2-4-8-16/h2-5,7-13H,6,14H2,1H3/b9-5+. The van der Waals surface area contributed by atoms with Gasteiger partial charge in [0.1, 0.15) is 0 Å². The van der Waals surface area contributed by atoms with Crippen molar-refractivity contribution in [3.8, 4) is 0 Å². The van der Waals surface area contributed by atoms with Gasteiger partial charge in [-0.05, 0) is 31.0 Å². The van der Waals surface area contributed by atoms with E-state index in [9.17, 15) is 8.42 Å². The van der Waals surface area contributed by atoms with Crippen molar-refractivity contribution < 1.29 is 12.6 Å². The molecule has 0 aliphatic heterocycles. The highest BCUT2D eigenvalue weighted by Crippen LogP contribution is 2.13. The highest BCUT2D eigenvalue weighted by molar-refractivity contribution is 7.86. The van der Waals surface area contributed by atoms with Crippen LogP contribution >= 0.6 is 0 Å². The van der Waals surface area contributed by atoms with Gasteiger partial charge in [-0.3, -0.25) is 4.18 Å². The third-order valence-electron chi connectivity index (χ3n) is 2.94. The molecule has 3 nitrogen and oxygen atoms in total. The van der Waals surface area contributed by atoms with Gasteiger partial charge < -0.3 is 0 Å². The summed E-state index contributed by atoms with van der Waals surface area (Å²) in [4.78, 5) is 0.195. The fourth-order valence-corrected chi connectivity index (χ4v) is 2.70. The van der Waals surface area contributed by atoms with Gasteiger partial charge in [-0.1, -0.05) is 60.2 Å². The second-order valence-electron chi connectivity index (χ2n) is 4.69. The molecular weight excluding hydrogens is 284 g/mol. The third kappa shape index (κ3) is 4.85. The molecule has 0 aromatic heterocycles. The number of hydrogen-bond acceptors (Lipinski definition) is 3. The van der Waals surface area contributed by atoms with Crippen molar-refractivity contribution >= 4 is 16.2 Å². The Hall–Kier alpha value is -1.91. The monoisotopic (exact) mass is 302 g/mol. The van der Waals surface area contributed by atoms with E-state index in [4.69, 9.17) is 4.18 Å². The minimum Gasteiger partial charge on any atom is -0.266 e. The molecule has 21 heavy (non-hydrogen) atoms. The maximum atomic E-state index is 11.9. The van der Waals surface area contributed by atoms with E-state index >= 15 is 0 Å². The molecule has 0 saturated carbocycles. The molecule has 110 valence electrons. The van der Waals surface area contributed by atoms with E-state index < -0.39 is 10.1 Å². The van der Waals surface area contributed by atoms with Crippen LogP contribution in [0.15, 0.2) is 65.6 Å². The van der Waals surface area contributed by atoms with E-state index in [-0.39, 0.29) is 11.5 Å². The van der Waals surface area contributed by atoms with E-state index in [0.717, 1.165) is 11.1 Å². The van der Waals surface area contributed by atoms with Crippen molar-refractivity contribution in [1.82, 2.24) is 0 Å². The largest absolute Gasteiger partial charge is 0.296 e. The van der Waals surface area contributed by atoms with Crippen molar-refractivity contribution in [1.29, 1.82) is 0 Å². The molecule has 2 aromatic rings. The normalized spacial score (nSPS) is 11.9. The summed E-state index contributed by atoms with van der Waals surface area (Å²) in [5.41, 5.74) is 2.10. The Bertz CT molecular complexity index is 687. The zero-order valence-corrected chi connectivity index (χ0v) is 12.7. The van der Waals surface area contributed by atoms with Gasteiger partial charge in [0, 0.05) is 0 Å². The predicted molar refractivity (Wildman–Crippen MR) is 84.4 cm³/mol. The minimum atomic E-state index is -3.66. The summed E-state index contributed by atoms with van der Waals surface area (Å²) in [5, 5.41) is 0. The van der Waals surface area contributed by atoms with Gasteiger partial charge in [-0.15, -0.1) is 0 Å². The molecule has 2 rings (SSSR count). The Balaban J connectivity index is 1.85. The second-order valence-corrected chi connectivity index (χ2v) is 6.31. The maximum absolute atomic E-state index is 11.9. The van der Waals surface area contributed by atoms with Gasteiger partial charge in [0.05, 0.1) is 11.5 Å². The van der Waals surface area contributed by atoms with E-state index in [1.807, 2.05) is 49.4 Å². The number of rotatable bonds is 6. The smallest absolute Gasteiger partial charge is 0.266 e. The lowest BCUT2D eigenvalue weighted by Crippen LogP contribution is -2.07. The molecule has 0 N–H and O–H groups in total. The molecule has 0 atom stereocenters. The first-order valence-electron chi connectivity index (χ1n) is 6.76. The number of aryl methyl sites for hydroxylation is 1. The van der Waals surface area contributed by atoms with Crippen LogP contribution in [-0.4, -0.2) is 15.0 Å². The number of hydrogen-bond donors (Lipinski definition) is 0. The van der Waals surface area contributed by atoms with Gasteiger partial charge in [0.25, 0.3) is 10.1 Å². The first-order chi connectivity index (χ1) is 10.1. The Kier molecular flexibility index (Phi) is 5.31. The van der Waals surface area contributed by atoms with Crippen molar-refractivity contribution in [2.75, 3.05) is 6.61 Å². The lowest BCUT2D eigenvalue weighted by atomic mass is 10.2. The molecule has 0 heterocycles. The second kappa shape index (κ2) is 7.20. The quantitative estimate of drug-likeness (QED) is 0.602. The summed E-state index contributed by atoms with van der Waals surface area (Å²) >= 11 is 0. The van der Waals surface area contributed by atoms with E-state index in [1.54, 1.807) is 24.3 Å². The zero-order valence-electron chi connectivity index (χ0n) is 11.9. The Morgan fingerprint density at radius 2 is 1.67 bits per heavy atom. The molecule has 0 amide bonds. The van der Waals surface area contributed by atoms with Gasteiger partial charge in [0.15, 0.2) is 0 Å². The highest BCUT2D eigenvalue weighted by atomic mass is 32.2. The van der Waals surface area contributed by atoms with Crippen molar-refractivity contribution in [2.45, 2.75) is 18.2 Å². The fraction of sp³-hybridized carbons (Fsp3) is 0.176. The first kappa shape index (κ1) is 15.5. The average molecular weight is 302 g/mol. The molecule has 0 saturated heterocycles. The molecule has 2 aromatic carbocycles. The van der Waals surface area contributed by atoms with Gasteiger partial charge in [0.2, 0.25) is 0 Å². The van der Waals surface area contributed by atoms with Gasteiger partial charge in [-0.2, -0.15) is 8.42 Å². The van der Waals surface area contributed by atoms with Crippen LogP contribution in [0, 0.1) is 6.92 Å². The molecule has 0 spiro atoms. The summed E-state index contributed by atoms with van der Waals surface area (Å²) in [5.74, 6) is 0. The van der Waals surface area contributed by atoms with Crippen LogP contribution in [0.3, 0.4) is 0 Å². The summed E-state index contributed by atoms with van der Waals surface area (Å²) in [6.45, 7) is 2.05. The fourth-order valence-electron chi connectivity index (χ4n) is 1.78. The average Bonchev–Trinajstić information content (AvgIpc) is 2.48. The van der Waals surface area contributed by atoms with Crippen molar-refractivity contribution in [3.63, 3.8) is 0 Å². The predicted octanol–water partition coefficient (Wildman–Crippen LogP) is 3.80. The summed E-state index contributed by atoms with van der Waals surface area (Å²) in [6, 6.07) is 16.5. The van der Waals surface area contributed by atoms with E-state index in [2.05, 4.69) is 0 Å². The maximum Gasteiger partial charge on any atom is 0.296 e. The lowest BCUT2D eigenvalue weighted by Gasteiger charge is -2.04.